The average molecular weight is 206 g/mol. The molecular weight excluding hydrogens is 188 g/mol. The fourth-order valence-electron chi connectivity index (χ4n) is 1.13. The lowest BCUT2D eigenvalue weighted by Gasteiger charge is -2.26. The zero-order chi connectivity index (χ0) is 11.5. The van der Waals surface area contributed by atoms with Gasteiger partial charge in [-0.1, -0.05) is 27.7 Å². The molecule has 1 rings (SSSR count). The number of aromatic nitrogens is 2. The third-order valence-corrected chi connectivity index (χ3v) is 2.82. The van der Waals surface area contributed by atoms with Crippen molar-refractivity contribution >= 4 is 5.78 Å². The topological polar surface area (TPSA) is 42.9 Å². The molecule has 3 heteroatoms. The monoisotopic (exact) mass is 206 g/mol. The second kappa shape index (κ2) is 4.51. The lowest BCUT2D eigenvalue weighted by Crippen LogP contribution is -2.21. The molecule has 1 aromatic rings. The van der Waals surface area contributed by atoms with Gasteiger partial charge in [0.2, 0.25) is 0 Å². The number of Topliss-reactive ketones (excluding diaryl/α,β-unsaturated/α-hetero) is 1. The molecule has 0 amide bonds. The highest BCUT2D eigenvalue weighted by molar-refractivity contribution is 5.94. The summed E-state index contributed by atoms with van der Waals surface area (Å²) in [4.78, 5) is 19.7. The summed E-state index contributed by atoms with van der Waals surface area (Å²) in [6.45, 7) is 8.51. The third-order valence-electron chi connectivity index (χ3n) is 2.82. The van der Waals surface area contributed by atoms with Crippen LogP contribution in [-0.4, -0.2) is 15.8 Å². The first-order valence-electron chi connectivity index (χ1n) is 5.20. The van der Waals surface area contributed by atoms with Crippen molar-refractivity contribution in [3.8, 4) is 0 Å². The van der Waals surface area contributed by atoms with Crippen LogP contribution >= 0.6 is 0 Å². The predicted octanol–water partition coefficient (Wildman–Crippen LogP) is 2.73. The highest BCUT2D eigenvalue weighted by atomic mass is 16.1. The summed E-state index contributed by atoms with van der Waals surface area (Å²) in [6, 6.07) is 0. The second-order valence-corrected chi connectivity index (χ2v) is 4.99. The normalized spacial score (nSPS) is 13.6. The first kappa shape index (κ1) is 11.8. The molecule has 15 heavy (non-hydrogen) atoms. The van der Waals surface area contributed by atoms with Crippen LogP contribution in [0.2, 0.25) is 0 Å². The SMILES string of the molecule is CC(CC(=O)c1cnccn1)C(C)(C)C. The van der Waals surface area contributed by atoms with Gasteiger partial charge in [-0.25, -0.2) is 4.98 Å². The van der Waals surface area contributed by atoms with Crippen molar-refractivity contribution in [3.63, 3.8) is 0 Å². The van der Waals surface area contributed by atoms with E-state index in [0.29, 0.717) is 18.0 Å². The number of carbonyl (C=O) groups is 1. The van der Waals surface area contributed by atoms with Gasteiger partial charge in [0, 0.05) is 18.8 Å². The summed E-state index contributed by atoms with van der Waals surface area (Å²) in [5.74, 6) is 0.414. The van der Waals surface area contributed by atoms with Crippen LogP contribution in [0, 0.1) is 11.3 Å². The Kier molecular flexibility index (Phi) is 3.56. The number of carbonyl (C=O) groups excluding carboxylic acids is 1. The van der Waals surface area contributed by atoms with Crippen molar-refractivity contribution in [2.24, 2.45) is 11.3 Å². The predicted molar refractivity (Wildman–Crippen MR) is 59.6 cm³/mol. The zero-order valence-corrected chi connectivity index (χ0v) is 9.82. The number of hydrogen-bond acceptors (Lipinski definition) is 3. The van der Waals surface area contributed by atoms with Gasteiger partial charge in [0.1, 0.15) is 5.69 Å². The summed E-state index contributed by atoms with van der Waals surface area (Å²) in [6.07, 6.45) is 5.18. The number of ketones is 1. The number of hydrogen-bond donors (Lipinski definition) is 0. The van der Waals surface area contributed by atoms with E-state index in [2.05, 4.69) is 37.7 Å². The van der Waals surface area contributed by atoms with Gasteiger partial charge < -0.3 is 0 Å². The molecule has 0 aromatic carbocycles. The Hall–Kier alpha value is -1.25. The maximum atomic E-state index is 11.8. The van der Waals surface area contributed by atoms with Gasteiger partial charge in [-0.3, -0.25) is 9.78 Å². The minimum atomic E-state index is 0.0746. The molecule has 3 nitrogen and oxygen atoms in total. The molecule has 0 fully saturated rings. The Labute approximate surface area is 91.0 Å². The minimum Gasteiger partial charge on any atom is -0.292 e. The van der Waals surface area contributed by atoms with Crippen LogP contribution in [0.25, 0.3) is 0 Å². The lowest BCUT2D eigenvalue weighted by molar-refractivity contribution is 0.0922. The molecule has 0 bridgehead atoms. The molecule has 0 saturated heterocycles. The summed E-state index contributed by atoms with van der Waals surface area (Å²) < 4.78 is 0. The van der Waals surface area contributed by atoms with Crippen molar-refractivity contribution < 1.29 is 4.79 Å². The smallest absolute Gasteiger partial charge is 0.183 e. The molecule has 0 radical (unpaired) electrons. The van der Waals surface area contributed by atoms with Crippen molar-refractivity contribution in [2.75, 3.05) is 0 Å². The van der Waals surface area contributed by atoms with Crippen LogP contribution in [0.5, 0.6) is 0 Å². The van der Waals surface area contributed by atoms with Crippen molar-refractivity contribution in [2.45, 2.75) is 34.1 Å². The summed E-state index contributed by atoms with van der Waals surface area (Å²) in [5, 5.41) is 0. The molecule has 0 saturated carbocycles. The maximum Gasteiger partial charge on any atom is 0.183 e. The van der Waals surface area contributed by atoms with Gasteiger partial charge in [-0.05, 0) is 11.3 Å². The van der Waals surface area contributed by atoms with Crippen molar-refractivity contribution in [3.05, 3.63) is 24.3 Å². The van der Waals surface area contributed by atoms with Crippen LogP contribution in [0.1, 0.15) is 44.6 Å². The van der Waals surface area contributed by atoms with Crippen molar-refractivity contribution in [1.29, 1.82) is 0 Å². The van der Waals surface area contributed by atoms with Gasteiger partial charge in [-0.15, -0.1) is 0 Å². The van der Waals surface area contributed by atoms with Crippen LogP contribution in [0.3, 0.4) is 0 Å². The molecule has 82 valence electrons. The van der Waals surface area contributed by atoms with Gasteiger partial charge in [0.15, 0.2) is 5.78 Å². The fraction of sp³-hybridized carbons (Fsp3) is 0.583. The summed E-state index contributed by atoms with van der Waals surface area (Å²) >= 11 is 0. The zero-order valence-electron chi connectivity index (χ0n) is 9.82. The first-order valence-corrected chi connectivity index (χ1v) is 5.20. The first-order chi connectivity index (χ1) is 6.91. The molecule has 0 aliphatic rings. The van der Waals surface area contributed by atoms with Crippen LogP contribution in [0.15, 0.2) is 18.6 Å². The van der Waals surface area contributed by atoms with E-state index < -0.39 is 0 Å². The molecule has 0 N–H and O–H groups in total. The highest BCUT2D eigenvalue weighted by Gasteiger charge is 2.23. The Balaban J connectivity index is 2.65. The van der Waals surface area contributed by atoms with Gasteiger partial charge in [0.25, 0.3) is 0 Å². The Morgan fingerprint density at radius 3 is 2.53 bits per heavy atom. The minimum absolute atomic E-state index is 0.0746. The molecule has 0 aliphatic carbocycles. The fourth-order valence-corrected chi connectivity index (χ4v) is 1.13. The molecule has 1 unspecified atom stereocenters. The number of nitrogens with zero attached hydrogens (tertiary/aromatic N) is 2. The van der Waals surface area contributed by atoms with Crippen LogP contribution in [0.4, 0.5) is 0 Å². The lowest BCUT2D eigenvalue weighted by atomic mass is 9.79. The quantitative estimate of drug-likeness (QED) is 0.714. The van der Waals surface area contributed by atoms with E-state index in [1.807, 2.05) is 0 Å². The summed E-state index contributed by atoms with van der Waals surface area (Å²) in [5.41, 5.74) is 0.617. The summed E-state index contributed by atoms with van der Waals surface area (Å²) in [7, 11) is 0. The Morgan fingerprint density at radius 2 is 2.07 bits per heavy atom. The maximum absolute atomic E-state index is 11.8. The van der Waals surface area contributed by atoms with Crippen LogP contribution < -0.4 is 0 Å². The van der Waals surface area contributed by atoms with Crippen LogP contribution in [-0.2, 0) is 0 Å². The molecular formula is C12H18N2O. The van der Waals surface area contributed by atoms with E-state index >= 15 is 0 Å². The van der Waals surface area contributed by atoms with E-state index in [9.17, 15) is 4.79 Å². The molecule has 0 spiro atoms. The molecule has 1 atom stereocenters. The Bertz CT molecular complexity index is 327. The van der Waals surface area contributed by atoms with E-state index in [4.69, 9.17) is 0 Å². The third kappa shape index (κ3) is 3.42. The van der Waals surface area contributed by atoms with E-state index in [1.54, 1.807) is 12.4 Å². The van der Waals surface area contributed by atoms with Crippen molar-refractivity contribution in [1.82, 2.24) is 9.97 Å². The van der Waals surface area contributed by atoms with E-state index in [0.717, 1.165) is 0 Å². The molecule has 1 aromatic heterocycles. The number of rotatable bonds is 3. The molecule has 0 aliphatic heterocycles. The van der Waals surface area contributed by atoms with Gasteiger partial charge in [-0.2, -0.15) is 0 Å². The van der Waals surface area contributed by atoms with E-state index in [1.165, 1.54) is 6.20 Å². The highest BCUT2D eigenvalue weighted by Crippen LogP contribution is 2.28. The Morgan fingerprint density at radius 1 is 1.40 bits per heavy atom. The standard InChI is InChI=1S/C12H18N2O/c1-9(12(2,3)4)7-11(15)10-8-13-5-6-14-10/h5-6,8-9H,7H2,1-4H3. The second-order valence-electron chi connectivity index (χ2n) is 4.99. The van der Waals surface area contributed by atoms with E-state index in [-0.39, 0.29) is 11.2 Å². The average Bonchev–Trinajstić information content (AvgIpc) is 2.17. The molecule has 1 heterocycles. The van der Waals surface area contributed by atoms with Gasteiger partial charge >= 0.3 is 0 Å². The van der Waals surface area contributed by atoms with Gasteiger partial charge in [0.05, 0.1) is 6.20 Å². The largest absolute Gasteiger partial charge is 0.292 e.